The minimum Gasteiger partial charge on any atom is -0.278 e. The van der Waals surface area contributed by atoms with Crippen molar-refractivity contribution in [2.75, 3.05) is 9.80 Å². The molecule has 0 N–H and O–H groups in total. The second-order valence-electron chi connectivity index (χ2n) is 26.7. The Bertz CT molecular complexity index is 5490. The Morgan fingerprint density at radius 3 is 0.663 bits per heavy atom. The molecule has 0 saturated heterocycles. The minimum atomic E-state index is -0.903. The van der Waals surface area contributed by atoms with Crippen LogP contribution in [0.4, 0.5) is 34.6 Å². The van der Waals surface area contributed by atoms with Crippen molar-refractivity contribution in [3.8, 4) is 78.9 Å². The van der Waals surface area contributed by atoms with Gasteiger partial charge in [-0.3, -0.25) is 9.80 Å². The Hall–Kier alpha value is -13.3. The Kier molecular flexibility index (Phi) is 12.3. The van der Waals surface area contributed by atoms with Crippen LogP contribution in [-0.4, -0.2) is 29.9 Å². The van der Waals surface area contributed by atoms with Gasteiger partial charge < -0.3 is 0 Å². The lowest BCUT2D eigenvalue weighted by atomic mass is 9.61. The number of fused-ring (bicyclic) bond motifs is 21. The first kappa shape index (κ1) is 56.8. The molecule has 470 valence electrons. The van der Waals surface area contributed by atoms with Crippen LogP contribution in [0.25, 0.3) is 78.9 Å². The molecule has 2 aromatic heterocycles. The molecule has 8 heteroatoms. The average Bonchev–Trinajstić information content (AvgIpc) is 1.63. The Labute approximate surface area is 584 Å². The van der Waals surface area contributed by atoms with Gasteiger partial charge >= 0.3 is 0 Å². The van der Waals surface area contributed by atoms with Crippen LogP contribution in [-0.2, 0) is 16.2 Å². The molecule has 0 unspecified atom stereocenters. The van der Waals surface area contributed by atoms with Gasteiger partial charge in [0, 0.05) is 22.3 Å². The fourth-order valence-corrected chi connectivity index (χ4v) is 18.1. The number of aromatic nitrogens is 6. The summed E-state index contributed by atoms with van der Waals surface area (Å²) in [4.78, 5) is 36.7. The molecule has 4 heterocycles. The number of benzene rings is 14. The van der Waals surface area contributed by atoms with E-state index in [1.54, 1.807) is 0 Å². The maximum atomic E-state index is 5.45. The molecule has 0 amide bonds. The Balaban J connectivity index is 0.826. The van der Waals surface area contributed by atoms with E-state index in [1.165, 1.54) is 77.9 Å². The van der Waals surface area contributed by atoms with Crippen LogP contribution in [0.5, 0.6) is 0 Å². The third-order valence-corrected chi connectivity index (χ3v) is 21.9. The van der Waals surface area contributed by atoms with Crippen LogP contribution in [0, 0.1) is 0 Å². The number of hydrogen-bond acceptors (Lipinski definition) is 8. The van der Waals surface area contributed by atoms with E-state index >= 15 is 0 Å². The predicted octanol–water partition coefficient (Wildman–Crippen LogP) is 21.4. The largest absolute Gasteiger partial charge is 0.278 e. The first-order valence-corrected chi connectivity index (χ1v) is 34.5. The monoisotopic (exact) mass is 1290 g/mol. The van der Waals surface area contributed by atoms with E-state index in [9.17, 15) is 0 Å². The minimum absolute atomic E-state index is 0.540. The van der Waals surface area contributed by atoms with E-state index < -0.39 is 16.2 Å². The van der Waals surface area contributed by atoms with Crippen LogP contribution >= 0.6 is 0 Å². The molecule has 14 aromatic carbocycles. The molecule has 2 aliphatic heterocycles. The van der Waals surface area contributed by atoms with Crippen molar-refractivity contribution < 1.29 is 0 Å². The number of anilines is 6. The van der Waals surface area contributed by atoms with Gasteiger partial charge in [0.1, 0.15) is 0 Å². The van der Waals surface area contributed by atoms with Gasteiger partial charge in [0.15, 0.2) is 23.3 Å². The van der Waals surface area contributed by atoms with Gasteiger partial charge in [0.2, 0.25) is 11.9 Å². The number of nitrogens with zero attached hydrogens (tertiary/aromatic N) is 8. The maximum Gasteiger partial charge on any atom is 0.238 e. The molecule has 3 aliphatic carbocycles. The fraction of sp³-hybridized carbons (Fsp3) is 0.0323. The van der Waals surface area contributed by atoms with Crippen LogP contribution in [0.1, 0.15) is 66.8 Å². The number of rotatable bonds is 8. The summed E-state index contributed by atoms with van der Waals surface area (Å²) in [5.74, 6) is 3.48. The van der Waals surface area contributed by atoms with Crippen LogP contribution in [0.2, 0.25) is 0 Å². The highest BCUT2D eigenvalue weighted by molar-refractivity contribution is 6.02. The molecule has 101 heavy (non-hydrogen) atoms. The molecule has 0 saturated carbocycles. The van der Waals surface area contributed by atoms with Crippen molar-refractivity contribution in [1.29, 1.82) is 0 Å². The molecule has 16 aromatic rings. The summed E-state index contributed by atoms with van der Waals surface area (Å²) in [6, 6.07) is 128. The van der Waals surface area contributed by atoms with Gasteiger partial charge in [-0.05, 0) is 124 Å². The van der Waals surface area contributed by atoms with Crippen molar-refractivity contribution in [3.63, 3.8) is 0 Å². The molecular weight excluding hydrogens is 1230 g/mol. The second-order valence-corrected chi connectivity index (χ2v) is 26.7. The fourth-order valence-electron chi connectivity index (χ4n) is 18.1. The molecule has 0 atom stereocenters. The van der Waals surface area contributed by atoms with Crippen molar-refractivity contribution in [2.24, 2.45) is 0 Å². The van der Waals surface area contributed by atoms with E-state index in [1.807, 2.05) is 72.8 Å². The lowest BCUT2D eigenvalue weighted by Gasteiger charge is -2.44. The molecular formula is C93H58N8. The van der Waals surface area contributed by atoms with Crippen LogP contribution in [0.15, 0.2) is 352 Å². The van der Waals surface area contributed by atoms with Gasteiger partial charge in [-0.25, -0.2) is 9.97 Å². The van der Waals surface area contributed by atoms with Crippen molar-refractivity contribution >= 4 is 34.6 Å². The van der Waals surface area contributed by atoms with Gasteiger partial charge in [0.25, 0.3) is 0 Å². The van der Waals surface area contributed by atoms with Crippen molar-refractivity contribution in [3.05, 3.63) is 419 Å². The first-order chi connectivity index (χ1) is 50.1. The zero-order chi connectivity index (χ0) is 66.4. The highest BCUT2D eigenvalue weighted by Gasteiger charge is 2.59. The molecule has 5 aliphatic rings. The summed E-state index contributed by atoms with van der Waals surface area (Å²) in [6.45, 7) is 0. The van der Waals surface area contributed by atoms with E-state index in [0.29, 0.717) is 35.2 Å². The van der Waals surface area contributed by atoms with E-state index in [2.05, 4.69) is 289 Å². The van der Waals surface area contributed by atoms with Crippen molar-refractivity contribution in [1.82, 2.24) is 29.9 Å². The Morgan fingerprint density at radius 1 is 0.168 bits per heavy atom. The molecule has 8 nitrogen and oxygen atoms in total. The molecule has 0 radical (unpaired) electrons. The normalized spacial score (nSPS) is 14.3. The summed E-state index contributed by atoms with van der Waals surface area (Å²) < 4.78 is 0. The van der Waals surface area contributed by atoms with Gasteiger partial charge in [-0.2, -0.15) is 19.9 Å². The highest BCUT2D eigenvalue weighted by atomic mass is 15.3. The summed E-state index contributed by atoms with van der Waals surface area (Å²) in [7, 11) is 0. The SMILES string of the molecule is c1ccc(-c2nc(-c3ccccc3)nc(N3c4ccccc4C4(c5ccccc5-c5c4cccc5C4(c5cccc6c5-c5ccccc5C65c6ccccc6N(c6nc(-c7ccccc7)nc(-c7ccccc7)n6)c6ccccc65)c5ccccc5-c5ccccc54)c4ccccc43)n2)cc1. The third-order valence-electron chi connectivity index (χ3n) is 21.9. The smallest absolute Gasteiger partial charge is 0.238 e. The standard InChI is InChI=1S/C93H58N8/c1-5-31-59(32-6-1)85-94-86(60-33-7-2-8-34-60)97-89(96-85)100-79-55-25-21-47-71(79)92(72-48-22-26-56-80(72)100)69-45-19-15-41-65(69)83-75(51-29-53-77(83)92)91(67-43-17-13-39-63(67)64-40-14-18-44-68(64)91)76-52-30-54-78-84(76)66-42-16-20-46-70(66)93(78)73-49-23-27-57-81(73)101(82-58-28-24-50-74(82)93)90-98-87(61-35-9-3-10-36-61)95-88(99-90)62-37-11-4-12-38-62/h1-58H. The summed E-state index contributed by atoms with van der Waals surface area (Å²) in [5.41, 5.74) is 26.6. The molecule has 21 rings (SSSR count). The molecule has 2 spiro atoms. The van der Waals surface area contributed by atoms with Crippen LogP contribution in [0.3, 0.4) is 0 Å². The summed E-state index contributed by atoms with van der Waals surface area (Å²) in [6.07, 6.45) is 0. The van der Waals surface area contributed by atoms with Gasteiger partial charge in [-0.15, -0.1) is 0 Å². The highest BCUT2D eigenvalue weighted by Crippen LogP contribution is 2.70. The van der Waals surface area contributed by atoms with Gasteiger partial charge in [0.05, 0.1) is 39.0 Å². The van der Waals surface area contributed by atoms with E-state index in [0.717, 1.165) is 67.3 Å². The summed E-state index contributed by atoms with van der Waals surface area (Å²) >= 11 is 0. The molecule has 0 bridgehead atoms. The van der Waals surface area contributed by atoms with E-state index in [4.69, 9.17) is 29.9 Å². The quantitative estimate of drug-likeness (QED) is 0.149. The Morgan fingerprint density at radius 2 is 0.376 bits per heavy atom. The zero-order valence-corrected chi connectivity index (χ0v) is 54.6. The van der Waals surface area contributed by atoms with Gasteiger partial charge in [-0.1, -0.05) is 328 Å². The zero-order valence-electron chi connectivity index (χ0n) is 54.6. The number of hydrogen-bond donors (Lipinski definition) is 0. The second kappa shape index (κ2) is 21.9. The summed E-state index contributed by atoms with van der Waals surface area (Å²) in [5, 5.41) is 0. The number of para-hydroxylation sites is 4. The molecule has 0 fully saturated rings. The lowest BCUT2D eigenvalue weighted by Crippen LogP contribution is -2.37. The van der Waals surface area contributed by atoms with Crippen LogP contribution < -0.4 is 9.80 Å². The topological polar surface area (TPSA) is 83.8 Å². The lowest BCUT2D eigenvalue weighted by molar-refractivity contribution is 0.734. The third kappa shape index (κ3) is 7.78. The van der Waals surface area contributed by atoms with Crippen molar-refractivity contribution in [2.45, 2.75) is 16.2 Å². The van der Waals surface area contributed by atoms with E-state index in [-0.39, 0.29) is 0 Å². The predicted molar refractivity (Wildman–Crippen MR) is 403 cm³/mol. The average molecular weight is 1290 g/mol. The maximum absolute atomic E-state index is 5.45. The first-order valence-electron chi connectivity index (χ1n) is 34.5.